The number of anilines is 1. The van der Waals surface area contributed by atoms with Gasteiger partial charge in [0.2, 0.25) is 0 Å². The van der Waals surface area contributed by atoms with Crippen molar-refractivity contribution < 1.29 is 14.7 Å². The van der Waals surface area contributed by atoms with E-state index in [1.54, 1.807) is 52.6 Å². The number of amides is 1. The van der Waals surface area contributed by atoms with Gasteiger partial charge in [0.15, 0.2) is 11.4 Å². The van der Waals surface area contributed by atoms with E-state index in [1.807, 2.05) is 23.6 Å². The largest absolute Gasteiger partial charge is 0.375 e. The Morgan fingerprint density at radius 2 is 1.79 bits per heavy atom. The monoisotopic (exact) mass is 519 g/mol. The second kappa shape index (κ2) is 7.55. The predicted molar refractivity (Wildman–Crippen MR) is 117 cm³/mol. The van der Waals surface area contributed by atoms with Crippen molar-refractivity contribution in [3.05, 3.63) is 84.9 Å². The van der Waals surface area contributed by atoms with Crippen LogP contribution in [0.3, 0.4) is 0 Å². The van der Waals surface area contributed by atoms with Gasteiger partial charge in [-0.15, -0.1) is 11.3 Å². The van der Waals surface area contributed by atoms with Gasteiger partial charge in [-0.3, -0.25) is 9.59 Å². The minimum Gasteiger partial charge on any atom is -0.375 e. The Hall–Kier alpha value is -1.80. The number of carbonyl (C=O) groups excluding carboxylic acids is 2. The van der Waals surface area contributed by atoms with Crippen molar-refractivity contribution >= 4 is 60.6 Å². The first-order valence-corrected chi connectivity index (χ1v) is 11.0. The summed E-state index contributed by atoms with van der Waals surface area (Å²) in [6.45, 7) is 0.361. The predicted octanol–water partition coefficient (Wildman–Crippen LogP) is 5.28. The topological polar surface area (TPSA) is 57.6 Å². The molecule has 4 rings (SSSR count). The first kappa shape index (κ1) is 19.5. The molecular formula is C21H15Br2NO3S. The summed E-state index contributed by atoms with van der Waals surface area (Å²) in [4.78, 5) is 28.6. The molecule has 2 aromatic carbocycles. The number of thiophene rings is 1. The summed E-state index contributed by atoms with van der Waals surface area (Å²) < 4.78 is 1.60. The lowest BCUT2D eigenvalue weighted by molar-refractivity contribution is -0.136. The number of ketones is 1. The molecule has 28 heavy (non-hydrogen) atoms. The molecule has 0 saturated heterocycles. The number of hydrogen-bond donors (Lipinski definition) is 1. The fourth-order valence-corrected chi connectivity index (χ4v) is 4.70. The van der Waals surface area contributed by atoms with Crippen molar-refractivity contribution in [2.75, 3.05) is 4.90 Å². The van der Waals surface area contributed by atoms with Gasteiger partial charge in [-0.1, -0.05) is 50.1 Å². The molecule has 142 valence electrons. The number of hydrogen-bond acceptors (Lipinski definition) is 4. The Bertz CT molecular complexity index is 1050. The number of rotatable bonds is 5. The molecule has 1 aromatic heterocycles. The Balaban J connectivity index is 1.71. The van der Waals surface area contributed by atoms with Crippen molar-refractivity contribution in [3.8, 4) is 0 Å². The molecule has 1 amide bonds. The van der Waals surface area contributed by atoms with E-state index in [9.17, 15) is 14.7 Å². The third-order valence-corrected chi connectivity index (χ3v) is 6.65. The van der Waals surface area contributed by atoms with E-state index in [4.69, 9.17) is 0 Å². The molecular weight excluding hydrogens is 506 g/mol. The maximum Gasteiger partial charge on any atom is 0.264 e. The highest BCUT2D eigenvalue weighted by atomic mass is 79.9. The average molecular weight is 521 g/mol. The molecule has 1 N–H and O–H groups in total. The van der Waals surface area contributed by atoms with Gasteiger partial charge in [0.1, 0.15) is 0 Å². The molecule has 0 bridgehead atoms. The smallest absolute Gasteiger partial charge is 0.264 e. The van der Waals surface area contributed by atoms with Gasteiger partial charge in [0.25, 0.3) is 5.91 Å². The number of benzene rings is 2. The third kappa shape index (κ3) is 3.48. The molecule has 1 aliphatic rings. The Labute approximate surface area is 183 Å². The van der Waals surface area contributed by atoms with Crippen LogP contribution < -0.4 is 4.90 Å². The van der Waals surface area contributed by atoms with E-state index < -0.39 is 11.5 Å². The van der Waals surface area contributed by atoms with Gasteiger partial charge >= 0.3 is 0 Å². The number of aliphatic hydroxyl groups is 1. The molecule has 0 saturated carbocycles. The van der Waals surface area contributed by atoms with Crippen LogP contribution in [0.1, 0.15) is 27.2 Å². The molecule has 2 heterocycles. The number of halogens is 2. The Morgan fingerprint density at radius 1 is 1.07 bits per heavy atom. The highest BCUT2D eigenvalue weighted by Gasteiger charge is 2.51. The third-order valence-electron chi connectivity index (χ3n) is 4.77. The minimum absolute atomic E-state index is 0.285. The Kier molecular flexibility index (Phi) is 5.26. The van der Waals surface area contributed by atoms with Crippen molar-refractivity contribution in [2.45, 2.75) is 18.6 Å². The molecule has 1 atom stereocenters. The zero-order valence-corrected chi connectivity index (χ0v) is 18.6. The van der Waals surface area contributed by atoms with Crippen LogP contribution in [0.15, 0.2) is 68.9 Å². The zero-order chi connectivity index (χ0) is 19.9. The second-order valence-corrected chi connectivity index (χ2v) is 9.46. The summed E-state index contributed by atoms with van der Waals surface area (Å²) in [6.07, 6.45) is -0.308. The van der Waals surface area contributed by atoms with Crippen LogP contribution in [-0.2, 0) is 16.9 Å². The summed E-state index contributed by atoms with van der Waals surface area (Å²) in [5, 5.41) is 13.3. The van der Waals surface area contributed by atoms with Gasteiger partial charge in [0.05, 0.1) is 18.7 Å². The molecule has 0 radical (unpaired) electrons. The van der Waals surface area contributed by atoms with Crippen molar-refractivity contribution in [1.29, 1.82) is 0 Å². The highest BCUT2D eigenvalue weighted by molar-refractivity contribution is 9.10. The maximum absolute atomic E-state index is 13.2. The van der Waals surface area contributed by atoms with E-state index in [0.717, 1.165) is 13.8 Å². The van der Waals surface area contributed by atoms with Crippen LogP contribution in [0, 0.1) is 0 Å². The van der Waals surface area contributed by atoms with Crippen LogP contribution in [0.5, 0.6) is 0 Å². The molecule has 3 aromatic rings. The van der Waals surface area contributed by atoms with Crippen LogP contribution in [0.25, 0.3) is 0 Å². The van der Waals surface area contributed by atoms with Crippen LogP contribution in [-0.4, -0.2) is 16.8 Å². The zero-order valence-electron chi connectivity index (χ0n) is 14.6. The van der Waals surface area contributed by atoms with Gasteiger partial charge in [-0.05, 0) is 41.8 Å². The van der Waals surface area contributed by atoms with Crippen molar-refractivity contribution in [1.82, 2.24) is 0 Å². The minimum atomic E-state index is -1.89. The van der Waals surface area contributed by atoms with E-state index in [2.05, 4.69) is 31.9 Å². The van der Waals surface area contributed by atoms with E-state index in [-0.39, 0.29) is 12.2 Å². The summed E-state index contributed by atoms with van der Waals surface area (Å²) >= 11 is 8.30. The normalized spacial score (nSPS) is 18.4. The quantitative estimate of drug-likeness (QED) is 0.465. The molecule has 0 spiro atoms. The summed E-state index contributed by atoms with van der Waals surface area (Å²) in [6, 6.07) is 16.1. The first-order chi connectivity index (χ1) is 13.4. The van der Waals surface area contributed by atoms with Crippen LogP contribution in [0.2, 0.25) is 0 Å². The lowest BCUT2D eigenvalue weighted by atomic mass is 9.88. The summed E-state index contributed by atoms with van der Waals surface area (Å²) in [5.74, 6) is -0.758. The number of carbonyl (C=O) groups is 2. The number of nitrogens with zero attached hydrogens (tertiary/aromatic N) is 1. The van der Waals surface area contributed by atoms with E-state index in [0.29, 0.717) is 23.4 Å². The first-order valence-electron chi connectivity index (χ1n) is 8.54. The lowest BCUT2D eigenvalue weighted by Crippen LogP contribution is -2.41. The molecule has 0 fully saturated rings. The second-order valence-electron chi connectivity index (χ2n) is 6.60. The lowest BCUT2D eigenvalue weighted by Gasteiger charge is -2.22. The number of Topliss-reactive ketones (excluding diaryl/α,β-unsaturated/α-hetero) is 1. The molecule has 0 aliphatic carbocycles. The van der Waals surface area contributed by atoms with E-state index in [1.165, 1.54) is 0 Å². The standard InChI is InChI=1S/C21H15Br2NO3S/c22-14-5-3-13(4-6-14)19(25)11-21(27)17-10-15(23)7-8-18(17)24(20(21)26)12-16-2-1-9-28-16/h1-10,27H,11-12H2. The van der Waals surface area contributed by atoms with Crippen LogP contribution in [0.4, 0.5) is 5.69 Å². The number of fused-ring (bicyclic) bond motifs is 1. The van der Waals surface area contributed by atoms with Gasteiger partial charge < -0.3 is 10.0 Å². The Morgan fingerprint density at radius 3 is 2.46 bits per heavy atom. The fraction of sp³-hybridized carbons (Fsp3) is 0.143. The van der Waals surface area contributed by atoms with Gasteiger partial charge in [0, 0.05) is 24.9 Å². The summed E-state index contributed by atoms with van der Waals surface area (Å²) in [5.41, 5.74) is -0.347. The maximum atomic E-state index is 13.2. The van der Waals surface area contributed by atoms with Gasteiger partial charge in [-0.2, -0.15) is 0 Å². The average Bonchev–Trinajstić information content (AvgIpc) is 3.25. The molecule has 4 nitrogen and oxygen atoms in total. The summed E-state index contributed by atoms with van der Waals surface area (Å²) in [7, 11) is 0. The molecule has 1 aliphatic heterocycles. The fourth-order valence-electron chi connectivity index (χ4n) is 3.38. The SMILES string of the molecule is O=C(CC1(O)C(=O)N(Cc2cccs2)c2ccc(Br)cc21)c1ccc(Br)cc1. The molecule has 7 heteroatoms. The van der Waals surface area contributed by atoms with E-state index >= 15 is 0 Å². The highest BCUT2D eigenvalue weighted by Crippen LogP contribution is 2.45. The van der Waals surface area contributed by atoms with Gasteiger partial charge in [-0.25, -0.2) is 0 Å². The van der Waals surface area contributed by atoms with Crippen molar-refractivity contribution in [2.24, 2.45) is 0 Å². The van der Waals surface area contributed by atoms with Crippen molar-refractivity contribution in [3.63, 3.8) is 0 Å². The molecule has 1 unspecified atom stereocenters. The van der Waals surface area contributed by atoms with Crippen LogP contribution >= 0.6 is 43.2 Å².